The highest BCUT2D eigenvalue weighted by atomic mass is 35.5. The summed E-state index contributed by atoms with van der Waals surface area (Å²) in [6.07, 6.45) is 0.434. The Balaban J connectivity index is 2.38. The molecule has 19 heavy (non-hydrogen) atoms. The Labute approximate surface area is 120 Å². The van der Waals surface area contributed by atoms with Crippen molar-refractivity contribution in [3.8, 4) is 5.75 Å². The normalized spacial score (nSPS) is 12.1. The van der Waals surface area contributed by atoms with Gasteiger partial charge in [0.15, 0.2) is 0 Å². The largest absolute Gasteiger partial charge is 0.496 e. The number of rotatable bonds is 5. The van der Waals surface area contributed by atoms with E-state index in [2.05, 4.69) is 0 Å². The molecule has 0 aliphatic rings. The predicted octanol–water partition coefficient (Wildman–Crippen LogP) is 3.82. The van der Waals surface area contributed by atoms with Gasteiger partial charge in [-0.2, -0.15) is 0 Å². The van der Waals surface area contributed by atoms with E-state index in [0.29, 0.717) is 22.8 Å². The molecule has 0 radical (unpaired) electrons. The first-order chi connectivity index (χ1) is 9.11. The summed E-state index contributed by atoms with van der Waals surface area (Å²) in [7, 11) is 1.52. The van der Waals surface area contributed by atoms with E-state index in [1.807, 2.05) is 17.5 Å². The minimum atomic E-state index is -0.881. The molecule has 3 nitrogen and oxygen atoms in total. The molecule has 0 amide bonds. The minimum absolute atomic E-state index is 0.434. The number of halogens is 1. The van der Waals surface area contributed by atoms with Gasteiger partial charge in [0, 0.05) is 15.5 Å². The first-order valence-corrected chi connectivity index (χ1v) is 6.96. The summed E-state index contributed by atoms with van der Waals surface area (Å²) in [4.78, 5) is 12.5. The summed E-state index contributed by atoms with van der Waals surface area (Å²) in [5, 5.41) is 11.9. The molecule has 0 saturated carbocycles. The summed E-state index contributed by atoms with van der Waals surface area (Å²) < 4.78 is 5.23. The van der Waals surface area contributed by atoms with Crippen LogP contribution >= 0.6 is 22.9 Å². The van der Waals surface area contributed by atoms with E-state index in [9.17, 15) is 9.90 Å². The third-order valence-corrected chi connectivity index (χ3v) is 3.98. The zero-order valence-electron chi connectivity index (χ0n) is 10.3. The summed E-state index contributed by atoms with van der Waals surface area (Å²) in [5.41, 5.74) is 0.607. The Morgan fingerprint density at radius 3 is 2.84 bits per heavy atom. The van der Waals surface area contributed by atoms with Crippen LogP contribution in [0.5, 0.6) is 5.75 Å². The second kappa shape index (κ2) is 6.08. The molecule has 0 bridgehead atoms. The van der Waals surface area contributed by atoms with E-state index in [1.165, 1.54) is 7.11 Å². The second-order valence-corrected chi connectivity index (χ2v) is 5.53. The lowest BCUT2D eigenvalue weighted by atomic mass is 9.94. The van der Waals surface area contributed by atoms with Gasteiger partial charge in [-0.3, -0.25) is 4.79 Å². The molecule has 0 aliphatic carbocycles. The third kappa shape index (κ3) is 3.28. The van der Waals surface area contributed by atoms with Crippen LogP contribution in [0.3, 0.4) is 0 Å². The molecule has 0 fully saturated rings. The van der Waals surface area contributed by atoms with Crippen molar-refractivity contribution >= 4 is 28.9 Å². The number of carboxylic acid groups (broad SMARTS) is 1. The molecule has 0 aliphatic heterocycles. The number of hydrogen-bond donors (Lipinski definition) is 1. The van der Waals surface area contributed by atoms with Crippen LogP contribution in [0.15, 0.2) is 35.7 Å². The van der Waals surface area contributed by atoms with E-state index in [-0.39, 0.29) is 0 Å². The van der Waals surface area contributed by atoms with Crippen molar-refractivity contribution < 1.29 is 14.6 Å². The number of hydrogen-bond acceptors (Lipinski definition) is 3. The molecule has 1 aromatic heterocycles. The van der Waals surface area contributed by atoms with Crippen molar-refractivity contribution in [2.24, 2.45) is 0 Å². The third-order valence-electron chi connectivity index (χ3n) is 2.85. The quantitative estimate of drug-likeness (QED) is 0.912. The fourth-order valence-electron chi connectivity index (χ4n) is 1.94. The van der Waals surface area contributed by atoms with Gasteiger partial charge >= 0.3 is 5.97 Å². The Bertz CT molecular complexity index is 566. The van der Waals surface area contributed by atoms with Crippen LogP contribution in [0, 0.1) is 0 Å². The number of carboxylic acids is 1. The van der Waals surface area contributed by atoms with Crippen LogP contribution in [0.4, 0.5) is 0 Å². The topological polar surface area (TPSA) is 46.5 Å². The van der Waals surface area contributed by atoms with Gasteiger partial charge in [0.2, 0.25) is 0 Å². The maximum absolute atomic E-state index is 11.5. The predicted molar refractivity (Wildman–Crippen MR) is 76.4 cm³/mol. The van der Waals surface area contributed by atoms with Gasteiger partial charge < -0.3 is 9.84 Å². The van der Waals surface area contributed by atoms with Crippen molar-refractivity contribution in [2.45, 2.75) is 12.3 Å². The van der Waals surface area contributed by atoms with Crippen molar-refractivity contribution in [3.05, 3.63) is 51.2 Å². The summed E-state index contributed by atoms with van der Waals surface area (Å²) in [5.74, 6) is -0.991. The molecule has 1 aromatic carbocycles. The number of aliphatic carboxylic acids is 1. The van der Waals surface area contributed by atoms with Crippen molar-refractivity contribution in [3.63, 3.8) is 0 Å². The number of thiophene rings is 1. The zero-order chi connectivity index (χ0) is 13.8. The highest BCUT2D eigenvalue weighted by Crippen LogP contribution is 2.32. The summed E-state index contributed by atoms with van der Waals surface area (Å²) in [6, 6.07) is 8.88. The Morgan fingerprint density at radius 1 is 1.47 bits per heavy atom. The van der Waals surface area contributed by atoms with Gasteiger partial charge in [-0.05, 0) is 36.1 Å². The van der Waals surface area contributed by atoms with Gasteiger partial charge in [0.1, 0.15) is 5.75 Å². The lowest BCUT2D eigenvalue weighted by Gasteiger charge is -2.16. The van der Waals surface area contributed by atoms with E-state index in [0.717, 1.165) is 4.88 Å². The van der Waals surface area contributed by atoms with Gasteiger partial charge in [0.05, 0.1) is 13.0 Å². The monoisotopic (exact) mass is 296 g/mol. The molecule has 2 rings (SSSR count). The van der Waals surface area contributed by atoms with Gasteiger partial charge in [-0.25, -0.2) is 0 Å². The lowest BCUT2D eigenvalue weighted by molar-refractivity contribution is -0.138. The van der Waals surface area contributed by atoms with Crippen LogP contribution in [-0.4, -0.2) is 18.2 Å². The first kappa shape index (κ1) is 13.9. The molecule has 5 heteroatoms. The Morgan fingerprint density at radius 2 is 2.26 bits per heavy atom. The molecular formula is C14H13ClO3S. The summed E-state index contributed by atoms with van der Waals surface area (Å²) >= 11 is 7.50. The molecule has 1 unspecified atom stereocenters. The SMILES string of the molecule is COc1ccc(Cl)cc1C(Cc1cccs1)C(=O)O. The fourth-order valence-corrected chi connectivity index (χ4v) is 2.87. The number of benzene rings is 1. The average molecular weight is 297 g/mol. The van der Waals surface area contributed by atoms with Crippen molar-refractivity contribution in [2.75, 3.05) is 7.11 Å². The van der Waals surface area contributed by atoms with E-state index < -0.39 is 11.9 Å². The van der Waals surface area contributed by atoms with Crippen LogP contribution in [0.1, 0.15) is 16.4 Å². The first-order valence-electron chi connectivity index (χ1n) is 5.70. The highest BCUT2D eigenvalue weighted by Gasteiger charge is 2.24. The number of carbonyl (C=O) groups is 1. The fraction of sp³-hybridized carbons (Fsp3) is 0.214. The zero-order valence-corrected chi connectivity index (χ0v) is 11.9. The molecule has 0 saturated heterocycles. The highest BCUT2D eigenvalue weighted by molar-refractivity contribution is 7.09. The molecule has 0 spiro atoms. The maximum Gasteiger partial charge on any atom is 0.311 e. The Hall–Kier alpha value is -1.52. The standard InChI is InChI=1S/C14H13ClO3S/c1-18-13-5-4-9(15)7-11(13)12(14(16)17)8-10-3-2-6-19-10/h2-7,12H,8H2,1H3,(H,16,17). The van der Waals surface area contributed by atoms with Crippen molar-refractivity contribution in [1.82, 2.24) is 0 Å². The number of ether oxygens (including phenoxy) is 1. The smallest absolute Gasteiger partial charge is 0.311 e. The minimum Gasteiger partial charge on any atom is -0.496 e. The molecule has 1 N–H and O–H groups in total. The van der Waals surface area contributed by atoms with Crippen LogP contribution < -0.4 is 4.74 Å². The van der Waals surface area contributed by atoms with Crippen LogP contribution in [-0.2, 0) is 11.2 Å². The molecule has 100 valence electrons. The summed E-state index contributed by atoms with van der Waals surface area (Å²) in [6.45, 7) is 0. The van der Waals surface area contributed by atoms with E-state index in [1.54, 1.807) is 29.5 Å². The van der Waals surface area contributed by atoms with Crippen molar-refractivity contribution in [1.29, 1.82) is 0 Å². The number of methoxy groups -OCH3 is 1. The molecule has 1 heterocycles. The second-order valence-electron chi connectivity index (χ2n) is 4.06. The van der Waals surface area contributed by atoms with Gasteiger partial charge in [0.25, 0.3) is 0 Å². The Kier molecular flexibility index (Phi) is 4.45. The lowest BCUT2D eigenvalue weighted by Crippen LogP contribution is -2.15. The van der Waals surface area contributed by atoms with E-state index in [4.69, 9.17) is 16.3 Å². The van der Waals surface area contributed by atoms with Gasteiger partial charge in [-0.15, -0.1) is 11.3 Å². The molecule has 2 aromatic rings. The molecule has 1 atom stereocenters. The van der Waals surface area contributed by atoms with Gasteiger partial charge in [-0.1, -0.05) is 17.7 Å². The van der Waals surface area contributed by atoms with Crippen LogP contribution in [0.2, 0.25) is 5.02 Å². The average Bonchev–Trinajstić information content (AvgIpc) is 2.88. The van der Waals surface area contributed by atoms with E-state index >= 15 is 0 Å². The molecular weight excluding hydrogens is 284 g/mol. The van der Waals surface area contributed by atoms with Crippen LogP contribution in [0.25, 0.3) is 0 Å². The maximum atomic E-state index is 11.5.